The van der Waals surface area contributed by atoms with E-state index in [1.54, 1.807) is 6.20 Å². The minimum Gasteiger partial charge on any atom is -0.253 e. The van der Waals surface area contributed by atoms with Crippen molar-refractivity contribution in [2.24, 2.45) is 9.98 Å². The van der Waals surface area contributed by atoms with Crippen LogP contribution in [-0.2, 0) is 0 Å². The highest BCUT2D eigenvalue weighted by Crippen LogP contribution is 1.94. The fraction of sp³-hybridized carbons (Fsp3) is 0.500. The first-order valence-electron chi connectivity index (χ1n) is 3.54. The maximum Gasteiger partial charge on any atom is 0.114 e. The van der Waals surface area contributed by atoms with Crippen LogP contribution in [0.3, 0.4) is 0 Å². The number of nitrogens with zero attached hydrogens (tertiary/aromatic N) is 2. The third kappa shape index (κ3) is 7.08. The molecule has 0 spiro atoms. The van der Waals surface area contributed by atoms with E-state index in [1.807, 2.05) is 6.08 Å². The molecule has 2 heteroatoms. The second-order valence-electron chi connectivity index (χ2n) is 1.97. The van der Waals surface area contributed by atoms with Crippen LogP contribution in [0.15, 0.2) is 22.3 Å². The van der Waals surface area contributed by atoms with Gasteiger partial charge in [-0.3, -0.25) is 4.99 Å². The average molecular weight is 138 g/mol. The molecule has 0 amide bonds. The lowest BCUT2D eigenvalue weighted by Gasteiger charge is -1.84. The highest BCUT2D eigenvalue weighted by atomic mass is 14.8. The normalized spacial score (nSPS) is 11.3. The first-order chi connectivity index (χ1) is 4.91. The first kappa shape index (κ1) is 9.08. The second kappa shape index (κ2) is 8.08. The third-order valence-corrected chi connectivity index (χ3v) is 1.06. The Morgan fingerprint density at radius 1 is 1.50 bits per heavy atom. The standard InChI is InChI=1S/C8H14N2/c1-3-4-5-6-7-10-8-9-2/h6-8H,2-5H2,1H3. The molecule has 56 valence electrons. The van der Waals surface area contributed by atoms with Crippen LogP contribution >= 0.6 is 0 Å². The van der Waals surface area contributed by atoms with Crippen molar-refractivity contribution < 1.29 is 0 Å². The van der Waals surface area contributed by atoms with E-state index in [0.29, 0.717) is 0 Å². The van der Waals surface area contributed by atoms with Gasteiger partial charge in [-0.05, 0) is 13.1 Å². The zero-order chi connectivity index (χ0) is 7.66. The fourth-order valence-corrected chi connectivity index (χ4v) is 0.543. The van der Waals surface area contributed by atoms with E-state index < -0.39 is 0 Å². The molecule has 0 unspecified atom stereocenters. The molecule has 0 aromatic carbocycles. The molecule has 0 aliphatic rings. The van der Waals surface area contributed by atoms with Crippen LogP contribution < -0.4 is 0 Å². The lowest BCUT2D eigenvalue weighted by atomic mass is 10.2. The van der Waals surface area contributed by atoms with Crippen LogP contribution in [0.2, 0.25) is 0 Å². The molecule has 0 aliphatic heterocycles. The van der Waals surface area contributed by atoms with Gasteiger partial charge in [0, 0.05) is 6.20 Å². The monoisotopic (exact) mass is 138 g/mol. The van der Waals surface area contributed by atoms with E-state index >= 15 is 0 Å². The van der Waals surface area contributed by atoms with Crippen molar-refractivity contribution in [1.29, 1.82) is 0 Å². The lowest BCUT2D eigenvalue weighted by Crippen LogP contribution is -1.65. The summed E-state index contributed by atoms with van der Waals surface area (Å²) in [6, 6.07) is 0. The van der Waals surface area contributed by atoms with Gasteiger partial charge in [0.25, 0.3) is 0 Å². The second-order valence-corrected chi connectivity index (χ2v) is 1.97. The summed E-state index contributed by atoms with van der Waals surface area (Å²) in [4.78, 5) is 7.29. The minimum absolute atomic E-state index is 1.10. The molecule has 0 fully saturated rings. The molecule has 0 rings (SSSR count). The summed E-state index contributed by atoms with van der Waals surface area (Å²) in [5.41, 5.74) is 0. The Bertz CT molecular complexity index is 125. The van der Waals surface area contributed by atoms with Gasteiger partial charge in [-0.15, -0.1) is 0 Å². The van der Waals surface area contributed by atoms with Gasteiger partial charge in [-0.2, -0.15) is 0 Å². The number of rotatable bonds is 5. The molecule has 0 radical (unpaired) electrons. The van der Waals surface area contributed by atoms with Crippen molar-refractivity contribution in [3.05, 3.63) is 12.3 Å². The van der Waals surface area contributed by atoms with E-state index in [0.717, 1.165) is 6.42 Å². The molecular weight excluding hydrogens is 124 g/mol. The van der Waals surface area contributed by atoms with E-state index in [9.17, 15) is 0 Å². The van der Waals surface area contributed by atoms with Gasteiger partial charge in [0.2, 0.25) is 0 Å². The molecule has 0 heterocycles. The maximum absolute atomic E-state index is 3.83. The minimum atomic E-state index is 1.10. The molecule has 10 heavy (non-hydrogen) atoms. The van der Waals surface area contributed by atoms with Gasteiger partial charge in [-0.25, -0.2) is 4.99 Å². The average Bonchev–Trinajstić information content (AvgIpc) is 1.97. The topological polar surface area (TPSA) is 24.7 Å². The Kier molecular flexibility index (Phi) is 7.34. The van der Waals surface area contributed by atoms with E-state index in [1.165, 1.54) is 19.2 Å². The Hall–Kier alpha value is -0.920. The molecule has 2 nitrogen and oxygen atoms in total. The summed E-state index contributed by atoms with van der Waals surface area (Å²) in [7, 11) is 0. The Morgan fingerprint density at radius 3 is 2.90 bits per heavy atom. The van der Waals surface area contributed by atoms with Crippen LogP contribution in [0.1, 0.15) is 26.2 Å². The van der Waals surface area contributed by atoms with Crippen molar-refractivity contribution in [2.75, 3.05) is 0 Å². The van der Waals surface area contributed by atoms with E-state index in [4.69, 9.17) is 0 Å². The quantitative estimate of drug-likeness (QED) is 0.316. The van der Waals surface area contributed by atoms with E-state index in [-0.39, 0.29) is 0 Å². The summed E-state index contributed by atoms with van der Waals surface area (Å²) in [5.74, 6) is 0. The van der Waals surface area contributed by atoms with Crippen LogP contribution in [-0.4, -0.2) is 13.1 Å². The summed E-state index contributed by atoms with van der Waals surface area (Å²) in [5, 5.41) is 0. The van der Waals surface area contributed by atoms with Crippen molar-refractivity contribution in [3.63, 3.8) is 0 Å². The smallest absolute Gasteiger partial charge is 0.114 e. The molecule has 0 N–H and O–H groups in total. The van der Waals surface area contributed by atoms with E-state index in [2.05, 4.69) is 23.6 Å². The zero-order valence-electron chi connectivity index (χ0n) is 6.45. The van der Waals surface area contributed by atoms with Crippen LogP contribution in [0.4, 0.5) is 0 Å². The number of unbranched alkanes of at least 4 members (excludes halogenated alkanes) is 2. The SMILES string of the molecule is C=NC=NC=CCCCC. The van der Waals surface area contributed by atoms with Gasteiger partial charge in [0.1, 0.15) is 6.34 Å². The fourth-order valence-electron chi connectivity index (χ4n) is 0.543. The highest BCUT2D eigenvalue weighted by Gasteiger charge is 1.74. The summed E-state index contributed by atoms with van der Waals surface area (Å²) in [6.45, 7) is 5.43. The Balaban J connectivity index is 3.19. The molecule has 0 aliphatic carbocycles. The van der Waals surface area contributed by atoms with Gasteiger partial charge in [0.05, 0.1) is 0 Å². The number of hydrogen-bond acceptors (Lipinski definition) is 1. The maximum atomic E-state index is 3.83. The molecule has 0 atom stereocenters. The first-order valence-corrected chi connectivity index (χ1v) is 3.54. The Morgan fingerprint density at radius 2 is 2.30 bits per heavy atom. The van der Waals surface area contributed by atoms with Crippen LogP contribution in [0.5, 0.6) is 0 Å². The predicted octanol–water partition coefficient (Wildman–Crippen LogP) is 2.42. The molecule has 0 bridgehead atoms. The largest absolute Gasteiger partial charge is 0.253 e. The molecule has 0 aromatic rings. The molecule has 0 saturated carbocycles. The van der Waals surface area contributed by atoms with Crippen molar-refractivity contribution in [2.45, 2.75) is 26.2 Å². The molecule has 0 aromatic heterocycles. The predicted molar refractivity (Wildman–Crippen MR) is 46.7 cm³/mol. The summed E-state index contributed by atoms with van der Waals surface area (Å²) in [6.07, 6.45) is 8.78. The van der Waals surface area contributed by atoms with Crippen molar-refractivity contribution >= 4 is 13.1 Å². The lowest BCUT2D eigenvalue weighted by molar-refractivity contribution is 0.814. The summed E-state index contributed by atoms with van der Waals surface area (Å²) < 4.78 is 0. The van der Waals surface area contributed by atoms with Crippen molar-refractivity contribution in [3.8, 4) is 0 Å². The van der Waals surface area contributed by atoms with Crippen LogP contribution in [0.25, 0.3) is 0 Å². The number of allylic oxidation sites excluding steroid dienone is 1. The summed E-state index contributed by atoms with van der Waals surface area (Å²) >= 11 is 0. The van der Waals surface area contributed by atoms with Crippen molar-refractivity contribution in [1.82, 2.24) is 0 Å². The van der Waals surface area contributed by atoms with Crippen LogP contribution in [0, 0.1) is 0 Å². The highest BCUT2D eigenvalue weighted by molar-refractivity contribution is 5.62. The number of aliphatic imine (C=N–C) groups is 2. The van der Waals surface area contributed by atoms with Gasteiger partial charge < -0.3 is 0 Å². The van der Waals surface area contributed by atoms with Gasteiger partial charge in [-0.1, -0.05) is 25.8 Å². The van der Waals surface area contributed by atoms with Gasteiger partial charge in [0.15, 0.2) is 0 Å². The molecule has 0 saturated heterocycles. The third-order valence-electron chi connectivity index (χ3n) is 1.06. The molecular formula is C8H14N2. The number of hydrogen-bond donors (Lipinski definition) is 0. The Labute approximate surface area is 62.4 Å². The van der Waals surface area contributed by atoms with Gasteiger partial charge >= 0.3 is 0 Å². The zero-order valence-corrected chi connectivity index (χ0v) is 6.45.